The Balaban J connectivity index is 2.66. The first-order valence-corrected chi connectivity index (χ1v) is 5.46. The zero-order valence-electron chi connectivity index (χ0n) is 7.03. The summed E-state index contributed by atoms with van der Waals surface area (Å²) in [5.74, 6) is 0.414. The van der Waals surface area contributed by atoms with Crippen LogP contribution in [0, 0.1) is 5.41 Å². The quantitative estimate of drug-likeness (QED) is 0.667. The van der Waals surface area contributed by atoms with Crippen molar-refractivity contribution >= 4 is 21.7 Å². The summed E-state index contributed by atoms with van der Waals surface area (Å²) in [5, 5.41) is 0.542. The summed E-state index contributed by atoms with van der Waals surface area (Å²) in [6.07, 6.45) is 5.75. The van der Waals surface area contributed by atoms with Gasteiger partial charge in [0.2, 0.25) is 0 Å². The van der Waals surface area contributed by atoms with Gasteiger partial charge < -0.3 is 0 Å². The molecule has 0 aliphatic heterocycles. The van der Waals surface area contributed by atoms with E-state index in [-0.39, 0.29) is 5.41 Å². The van der Waals surface area contributed by atoms with Crippen LogP contribution in [0.4, 0.5) is 0 Å². The minimum atomic E-state index is 0.0590. The molecule has 0 aromatic heterocycles. The van der Waals surface area contributed by atoms with E-state index in [1.54, 1.807) is 0 Å². The highest BCUT2D eigenvalue weighted by Gasteiger charge is 2.37. The second-order valence-electron chi connectivity index (χ2n) is 3.40. The lowest BCUT2D eigenvalue weighted by Gasteiger charge is -2.24. The van der Waals surface area contributed by atoms with Crippen molar-refractivity contribution in [2.45, 2.75) is 39.0 Å². The molecule has 0 spiro atoms. The molecule has 0 bridgehead atoms. The van der Waals surface area contributed by atoms with Crippen molar-refractivity contribution in [2.24, 2.45) is 5.41 Å². The molecule has 0 radical (unpaired) electrons. The van der Waals surface area contributed by atoms with Crippen LogP contribution in [-0.4, -0.2) is 11.1 Å². The molecule has 11 heavy (non-hydrogen) atoms. The molecule has 0 heterocycles. The highest BCUT2D eigenvalue weighted by atomic mass is 79.9. The fraction of sp³-hybridized carbons (Fsp3) is 0.889. The van der Waals surface area contributed by atoms with Gasteiger partial charge in [0.15, 0.2) is 0 Å². The molecule has 1 fully saturated rings. The highest BCUT2D eigenvalue weighted by Crippen LogP contribution is 2.41. The van der Waals surface area contributed by atoms with Crippen LogP contribution in [0.15, 0.2) is 0 Å². The van der Waals surface area contributed by atoms with E-state index in [9.17, 15) is 4.79 Å². The molecule has 0 atom stereocenters. The minimum Gasteiger partial charge on any atom is -0.298 e. The standard InChI is InChI=1S/C9H15BrO/c1-2-9(8(11)7-10)5-3-4-6-9/h2-7H2,1H3. The number of Topliss-reactive ketones (excluding diaryl/α,β-unsaturated/α-hetero) is 1. The molecule has 0 saturated heterocycles. The number of carbonyl (C=O) groups excluding carboxylic acids is 1. The molecule has 0 aromatic carbocycles. The first-order valence-electron chi connectivity index (χ1n) is 4.34. The summed E-state index contributed by atoms with van der Waals surface area (Å²) in [4.78, 5) is 11.5. The number of halogens is 1. The summed E-state index contributed by atoms with van der Waals surface area (Å²) in [6, 6.07) is 0. The van der Waals surface area contributed by atoms with Gasteiger partial charge in [-0.3, -0.25) is 4.79 Å². The van der Waals surface area contributed by atoms with Crippen molar-refractivity contribution in [2.75, 3.05) is 5.33 Å². The minimum absolute atomic E-state index is 0.0590. The van der Waals surface area contributed by atoms with Gasteiger partial charge in [-0.2, -0.15) is 0 Å². The lowest BCUT2D eigenvalue weighted by Crippen LogP contribution is -2.28. The summed E-state index contributed by atoms with van der Waals surface area (Å²) in [7, 11) is 0. The molecule has 1 aliphatic rings. The number of carbonyl (C=O) groups is 1. The third-order valence-corrected chi connectivity index (χ3v) is 3.46. The second kappa shape index (κ2) is 3.70. The summed E-state index contributed by atoms with van der Waals surface area (Å²) in [5.41, 5.74) is 0.0590. The van der Waals surface area contributed by atoms with Gasteiger partial charge in [-0.1, -0.05) is 35.7 Å². The van der Waals surface area contributed by atoms with Gasteiger partial charge >= 0.3 is 0 Å². The fourth-order valence-electron chi connectivity index (χ4n) is 2.02. The molecule has 1 nitrogen and oxygen atoms in total. The maximum absolute atomic E-state index is 11.5. The average Bonchev–Trinajstić information content (AvgIpc) is 2.52. The van der Waals surface area contributed by atoms with Crippen molar-refractivity contribution < 1.29 is 4.79 Å². The van der Waals surface area contributed by atoms with Crippen molar-refractivity contribution in [3.05, 3.63) is 0 Å². The van der Waals surface area contributed by atoms with Gasteiger partial charge in [0, 0.05) is 5.41 Å². The Morgan fingerprint density at radius 1 is 1.45 bits per heavy atom. The molecule has 1 saturated carbocycles. The molecule has 2 heteroatoms. The Hall–Kier alpha value is 0.150. The van der Waals surface area contributed by atoms with Crippen LogP contribution < -0.4 is 0 Å². The van der Waals surface area contributed by atoms with Crippen LogP contribution in [0.3, 0.4) is 0 Å². The van der Waals surface area contributed by atoms with Crippen LogP contribution in [0.2, 0.25) is 0 Å². The maximum Gasteiger partial charge on any atom is 0.149 e. The van der Waals surface area contributed by atoms with Crippen molar-refractivity contribution in [3.8, 4) is 0 Å². The first kappa shape index (κ1) is 9.24. The van der Waals surface area contributed by atoms with Crippen LogP contribution >= 0.6 is 15.9 Å². The van der Waals surface area contributed by atoms with E-state index in [4.69, 9.17) is 0 Å². The van der Waals surface area contributed by atoms with E-state index >= 15 is 0 Å². The molecular weight excluding hydrogens is 204 g/mol. The van der Waals surface area contributed by atoms with Crippen molar-refractivity contribution in [3.63, 3.8) is 0 Å². The molecule has 1 aliphatic carbocycles. The molecule has 0 unspecified atom stereocenters. The summed E-state index contributed by atoms with van der Waals surface area (Å²) >= 11 is 3.25. The lowest BCUT2D eigenvalue weighted by molar-refractivity contribution is -0.125. The van der Waals surface area contributed by atoms with E-state index in [0.29, 0.717) is 11.1 Å². The molecular formula is C9H15BrO. The normalized spacial score (nSPS) is 22.0. The van der Waals surface area contributed by atoms with Gasteiger partial charge in [-0.15, -0.1) is 0 Å². The zero-order chi connectivity index (χ0) is 8.32. The van der Waals surface area contributed by atoms with E-state index < -0.39 is 0 Å². The molecule has 0 aromatic rings. The van der Waals surface area contributed by atoms with E-state index in [2.05, 4.69) is 22.9 Å². The number of hydrogen-bond donors (Lipinski definition) is 0. The maximum atomic E-state index is 11.5. The highest BCUT2D eigenvalue weighted by molar-refractivity contribution is 9.09. The first-order chi connectivity index (χ1) is 5.25. The van der Waals surface area contributed by atoms with Crippen molar-refractivity contribution in [1.29, 1.82) is 0 Å². The molecule has 0 amide bonds. The topological polar surface area (TPSA) is 17.1 Å². The van der Waals surface area contributed by atoms with Crippen molar-refractivity contribution in [1.82, 2.24) is 0 Å². The van der Waals surface area contributed by atoms with Crippen LogP contribution in [0.1, 0.15) is 39.0 Å². The Kier molecular flexibility index (Phi) is 3.11. The monoisotopic (exact) mass is 218 g/mol. The van der Waals surface area contributed by atoms with Crippen LogP contribution in [0.25, 0.3) is 0 Å². The summed E-state index contributed by atoms with van der Waals surface area (Å²) in [6.45, 7) is 2.13. The number of ketones is 1. The predicted octanol–water partition coefficient (Wildman–Crippen LogP) is 2.92. The summed E-state index contributed by atoms with van der Waals surface area (Å²) < 4.78 is 0. The largest absolute Gasteiger partial charge is 0.298 e. The van der Waals surface area contributed by atoms with Gasteiger partial charge in [-0.05, 0) is 19.3 Å². The third kappa shape index (κ3) is 1.66. The second-order valence-corrected chi connectivity index (χ2v) is 3.96. The van der Waals surface area contributed by atoms with Gasteiger partial charge in [0.05, 0.1) is 5.33 Å². The van der Waals surface area contributed by atoms with E-state index in [1.807, 2.05) is 0 Å². The zero-order valence-corrected chi connectivity index (χ0v) is 8.61. The van der Waals surface area contributed by atoms with E-state index in [1.165, 1.54) is 12.8 Å². The third-order valence-electron chi connectivity index (χ3n) is 2.95. The van der Waals surface area contributed by atoms with Gasteiger partial charge in [0.1, 0.15) is 5.78 Å². The smallest absolute Gasteiger partial charge is 0.149 e. The Morgan fingerprint density at radius 2 is 2.00 bits per heavy atom. The Labute approximate surface area is 76.7 Å². The van der Waals surface area contributed by atoms with E-state index in [0.717, 1.165) is 19.3 Å². The number of alkyl halides is 1. The number of rotatable bonds is 3. The lowest BCUT2D eigenvalue weighted by atomic mass is 9.80. The van der Waals surface area contributed by atoms with Crippen LogP contribution in [0.5, 0.6) is 0 Å². The van der Waals surface area contributed by atoms with Gasteiger partial charge in [-0.25, -0.2) is 0 Å². The SMILES string of the molecule is CCC1(C(=O)CBr)CCCC1. The Morgan fingerprint density at radius 3 is 2.36 bits per heavy atom. The molecule has 64 valence electrons. The fourth-order valence-corrected chi connectivity index (χ4v) is 2.62. The predicted molar refractivity (Wildman–Crippen MR) is 50.0 cm³/mol. The average molecular weight is 219 g/mol. The molecule has 1 rings (SSSR count). The van der Waals surface area contributed by atoms with Gasteiger partial charge in [0.25, 0.3) is 0 Å². The Bertz CT molecular complexity index is 148. The molecule has 0 N–H and O–H groups in total. The number of hydrogen-bond acceptors (Lipinski definition) is 1. The van der Waals surface area contributed by atoms with Crippen LogP contribution in [-0.2, 0) is 4.79 Å².